The molecule has 1 amide bonds. The molecule has 0 spiro atoms. The molecule has 0 heterocycles. The van der Waals surface area contributed by atoms with Gasteiger partial charge in [0.15, 0.2) is 5.96 Å². The third-order valence-electron chi connectivity index (χ3n) is 11.2. The van der Waals surface area contributed by atoms with Crippen molar-refractivity contribution in [2.75, 3.05) is 13.1 Å². The Bertz CT molecular complexity index is 863. The van der Waals surface area contributed by atoms with Crippen LogP contribution in [0.5, 0.6) is 0 Å². The first-order chi connectivity index (χ1) is 17.5. The third kappa shape index (κ3) is 6.47. The molecule has 4 aliphatic carbocycles. The van der Waals surface area contributed by atoms with Crippen molar-refractivity contribution in [2.45, 2.75) is 111 Å². The van der Waals surface area contributed by atoms with Gasteiger partial charge in [-0.15, -0.1) is 12.4 Å². The van der Waals surface area contributed by atoms with Crippen molar-refractivity contribution in [3.8, 4) is 0 Å². The molecule has 7 heteroatoms. The smallest absolute Gasteiger partial charge is 0.407 e. The topological polar surface area (TPSA) is 100 Å². The number of hydrogen-bond donors (Lipinski definition) is 4. The molecule has 218 valence electrons. The van der Waals surface area contributed by atoms with E-state index < -0.39 is 0 Å². The number of carbonyl (C=O) groups is 1. The molecule has 5 N–H and O–H groups in total. The highest BCUT2D eigenvalue weighted by atomic mass is 35.5. The highest BCUT2D eigenvalue weighted by Crippen LogP contribution is 2.67. The summed E-state index contributed by atoms with van der Waals surface area (Å²) in [7, 11) is 0. The minimum atomic E-state index is -0.360. The zero-order valence-electron chi connectivity index (χ0n) is 24.6. The van der Waals surface area contributed by atoms with Crippen LogP contribution in [-0.4, -0.2) is 31.2 Å². The van der Waals surface area contributed by atoms with Crippen LogP contribution in [0.2, 0.25) is 0 Å². The molecule has 38 heavy (non-hydrogen) atoms. The van der Waals surface area contributed by atoms with Gasteiger partial charge in [-0.2, -0.15) is 0 Å². The summed E-state index contributed by atoms with van der Waals surface area (Å²) in [6.07, 6.45) is 16.2. The van der Waals surface area contributed by atoms with E-state index in [2.05, 4.69) is 51.3 Å². The Hall–Kier alpha value is -1.43. The molecule has 7 unspecified atom stereocenters. The van der Waals surface area contributed by atoms with E-state index in [1.807, 2.05) is 0 Å². The average Bonchev–Trinajstić information content (AvgIpc) is 3.19. The number of rotatable bonds is 9. The van der Waals surface area contributed by atoms with Crippen molar-refractivity contribution in [1.82, 2.24) is 10.6 Å². The summed E-state index contributed by atoms with van der Waals surface area (Å²) < 4.78 is 5.80. The maximum Gasteiger partial charge on any atom is 0.407 e. The van der Waals surface area contributed by atoms with Gasteiger partial charge >= 0.3 is 6.09 Å². The van der Waals surface area contributed by atoms with Gasteiger partial charge in [-0.3, -0.25) is 5.41 Å². The summed E-state index contributed by atoms with van der Waals surface area (Å²) in [5, 5.41) is 12.7. The Morgan fingerprint density at radius 3 is 2.53 bits per heavy atom. The molecule has 0 radical (unpaired) electrons. The first kappa shape index (κ1) is 31.1. The van der Waals surface area contributed by atoms with Gasteiger partial charge in [0.2, 0.25) is 0 Å². The number of guanidine groups is 1. The van der Waals surface area contributed by atoms with E-state index in [0.29, 0.717) is 18.5 Å². The molecule has 3 fully saturated rings. The molecule has 0 aromatic rings. The summed E-state index contributed by atoms with van der Waals surface area (Å²) in [6.45, 7) is 13.3. The molecular formula is C31H55ClN4O2. The van der Waals surface area contributed by atoms with Gasteiger partial charge in [-0.05, 0) is 91.3 Å². The van der Waals surface area contributed by atoms with Crippen molar-refractivity contribution in [3.05, 3.63) is 11.6 Å². The second-order valence-electron chi connectivity index (χ2n) is 13.8. The fourth-order valence-electron chi connectivity index (χ4n) is 9.31. The van der Waals surface area contributed by atoms with Crippen molar-refractivity contribution < 1.29 is 9.53 Å². The predicted molar refractivity (Wildman–Crippen MR) is 158 cm³/mol. The number of carbonyl (C=O) groups excluding carboxylic acids is 1. The molecular weight excluding hydrogens is 496 g/mol. The van der Waals surface area contributed by atoms with E-state index in [4.69, 9.17) is 15.9 Å². The number of amides is 1. The van der Waals surface area contributed by atoms with Crippen LogP contribution < -0.4 is 16.4 Å². The Labute approximate surface area is 238 Å². The fraction of sp³-hybridized carbons (Fsp3) is 0.871. The van der Waals surface area contributed by atoms with Crippen molar-refractivity contribution >= 4 is 24.5 Å². The molecule has 0 aromatic heterocycles. The molecule has 4 rings (SSSR count). The summed E-state index contributed by atoms with van der Waals surface area (Å²) in [6, 6.07) is 0. The molecule has 0 aromatic carbocycles. The number of fused-ring (bicyclic) bond motifs is 5. The fourth-order valence-corrected chi connectivity index (χ4v) is 9.31. The second-order valence-corrected chi connectivity index (χ2v) is 13.8. The minimum absolute atomic E-state index is 0. The van der Waals surface area contributed by atoms with Crippen molar-refractivity contribution in [3.63, 3.8) is 0 Å². The maximum absolute atomic E-state index is 12.3. The van der Waals surface area contributed by atoms with Crippen LogP contribution in [0.25, 0.3) is 0 Å². The van der Waals surface area contributed by atoms with Crippen LogP contribution >= 0.6 is 12.4 Å². The first-order valence-corrected chi connectivity index (χ1v) is 15.3. The third-order valence-corrected chi connectivity index (χ3v) is 11.2. The Kier molecular flexibility index (Phi) is 10.5. The first-order valence-electron chi connectivity index (χ1n) is 15.3. The number of nitrogens with one attached hydrogen (secondary N) is 3. The van der Waals surface area contributed by atoms with E-state index in [-0.39, 0.29) is 36.0 Å². The lowest BCUT2D eigenvalue weighted by Crippen LogP contribution is -2.51. The van der Waals surface area contributed by atoms with Gasteiger partial charge in [0, 0.05) is 19.5 Å². The van der Waals surface area contributed by atoms with Crippen molar-refractivity contribution in [1.29, 1.82) is 5.41 Å². The van der Waals surface area contributed by atoms with Crippen molar-refractivity contribution in [2.24, 2.45) is 52.1 Å². The number of halogens is 1. The Morgan fingerprint density at radius 2 is 1.82 bits per heavy atom. The largest absolute Gasteiger partial charge is 0.446 e. The molecule has 0 bridgehead atoms. The van der Waals surface area contributed by atoms with E-state index in [0.717, 1.165) is 54.8 Å². The van der Waals surface area contributed by atoms with Gasteiger partial charge in [-0.25, -0.2) is 4.79 Å². The van der Waals surface area contributed by atoms with Crippen LogP contribution in [0.4, 0.5) is 4.79 Å². The van der Waals surface area contributed by atoms with Gasteiger partial charge < -0.3 is 21.1 Å². The summed E-state index contributed by atoms with van der Waals surface area (Å²) in [4.78, 5) is 12.3. The molecule has 0 aliphatic heterocycles. The number of ether oxygens (including phenoxy) is 1. The molecule has 4 aliphatic rings. The van der Waals surface area contributed by atoms with Crippen LogP contribution in [0.15, 0.2) is 11.6 Å². The predicted octanol–water partition coefficient (Wildman–Crippen LogP) is 7.03. The lowest BCUT2D eigenvalue weighted by atomic mass is 9.47. The normalized spacial score (nSPS) is 36.6. The highest BCUT2D eigenvalue weighted by molar-refractivity contribution is 5.85. The van der Waals surface area contributed by atoms with Crippen LogP contribution in [0.1, 0.15) is 105 Å². The van der Waals surface area contributed by atoms with Gasteiger partial charge in [0.05, 0.1) is 0 Å². The van der Waals surface area contributed by atoms with Crippen LogP contribution in [0.3, 0.4) is 0 Å². The molecule has 0 saturated heterocycles. The van der Waals surface area contributed by atoms with E-state index >= 15 is 0 Å². The molecule has 3 saturated carbocycles. The average molecular weight is 551 g/mol. The standard InChI is InChI=1S/C31H54N4O2.ClH/c1-20(2)7-6-8-21(3)25-11-12-26-24-10-9-22-19-23(37-29(36)35-18-17-34-28(32)33)13-15-30(22,4)27(24)14-16-31(25,26)5;/h9,20-21,23-27H,6-8,10-19H2,1-5H3,(H,35,36)(H4,32,33,34);1H/t21-,23?,24?,25?,26?,27?,30?,31?;/m1./s1. The number of nitrogens with two attached hydrogens (primary N) is 1. The van der Waals surface area contributed by atoms with E-state index in [9.17, 15) is 4.79 Å². The SMILES string of the molecule is CC(C)CCC[C@@H](C)C1CCC2C3CC=C4CC(OC(=O)NCCNC(=N)N)CCC4(C)C3CCC21C.Cl. The number of hydrogen-bond acceptors (Lipinski definition) is 3. The monoisotopic (exact) mass is 550 g/mol. The summed E-state index contributed by atoms with van der Waals surface area (Å²) in [5.74, 6) is 4.98. The van der Waals surface area contributed by atoms with Crippen LogP contribution in [-0.2, 0) is 4.74 Å². The molecule has 8 atom stereocenters. The quantitative estimate of drug-likeness (QED) is 0.107. The lowest BCUT2D eigenvalue weighted by Gasteiger charge is -2.58. The number of alkyl carbamates (subject to hydrolysis) is 1. The van der Waals surface area contributed by atoms with Gasteiger partial charge in [0.1, 0.15) is 6.10 Å². The Balaban J connectivity index is 0.00000400. The lowest BCUT2D eigenvalue weighted by molar-refractivity contribution is -0.0581. The molecule has 6 nitrogen and oxygen atoms in total. The summed E-state index contributed by atoms with van der Waals surface area (Å²) >= 11 is 0. The van der Waals surface area contributed by atoms with E-state index in [1.54, 1.807) is 5.57 Å². The minimum Gasteiger partial charge on any atom is -0.446 e. The number of allylic oxidation sites excluding steroid dienone is 1. The Morgan fingerprint density at radius 1 is 1.08 bits per heavy atom. The maximum atomic E-state index is 12.3. The van der Waals surface area contributed by atoms with E-state index in [1.165, 1.54) is 51.4 Å². The zero-order chi connectivity index (χ0) is 26.8. The van der Waals surface area contributed by atoms with Crippen LogP contribution in [0, 0.1) is 51.7 Å². The highest BCUT2D eigenvalue weighted by Gasteiger charge is 2.59. The second kappa shape index (κ2) is 12.8. The van der Waals surface area contributed by atoms with Gasteiger partial charge in [-0.1, -0.05) is 65.5 Å². The van der Waals surface area contributed by atoms with Gasteiger partial charge in [0.25, 0.3) is 0 Å². The summed E-state index contributed by atoms with van der Waals surface area (Å²) in [5.41, 5.74) is 7.63. The zero-order valence-corrected chi connectivity index (χ0v) is 25.4.